The van der Waals surface area contributed by atoms with Gasteiger partial charge in [-0.3, -0.25) is 4.79 Å². The van der Waals surface area contributed by atoms with Gasteiger partial charge in [-0.25, -0.2) is 0 Å². The SMILES string of the molecule is C=C(C)C(=O)N(C)c1ccc(Cl)cc1I. The number of carbonyl (C=O) groups excluding carboxylic acids is 1. The summed E-state index contributed by atoms with van der Waals surface area (Å²) < 4.78 is 0.942. The Balaban J connectivity index is 3.06. The number of hydrogen-bond acceptors (Lipinski definition) is 1. The van der Waals surface area contributed by atoms with E-state index in [1.54, 1.807) is 24.9 Å². The fraction of sp³-hybridized carbons (Fsp3) is 0.182. The van der Waals surface area contributed by atoms with Crippen LogP contribution in [0.4, 0.5) is 5.69 Å². The fourth-order valence-corrected chi connectivity index (χ4v) is 2.38. The summed E-state index contributed by atoms with van der Waals surface area (Å²) in [5.41, 5.74) is 1.36. The second-order valence-electron chi connectivity index (χ2n) is 3.24. The van der Waals surface area contributed by atoms with Crippen molar-refractivity contribution in [1.82, 2.24) is 0 Å². The van der Waals surface area contributed by atoms with Gasteiger partial charge in [0.15, 0.2) is 0 Å². The molecule has 0 aliphatic heterocycles. The van der Waals surface area contributed by atoms with Crippen molar-refractivity contribution in [2.45, 2.75) is 6.92 Å². The number of hydrogen-bond donors (Lipinski definition) is 0. The minimum Gasteiger partial charge on any atom is -0.311 e. The van der Waals surface area contributed by atoms with Gasteiger partial charge in [0, 0.05) is 21.2 Å². The van der Waals surface area contributed by atoms with E-state index in [0.717, 1.165) is 9.26 Å². The molecule has 0 atom stereocenters. The number of anilines is 1. The van der Waals surface area contributed by atoms with E-state index in [1.807, 2.05) is 12.1 Å². The predicted molar refractivity (Wildman–Crippen MR) is 72.4 cm³/mol. The standard InChI is InChI=1S/C11H11ClINO/c1-7(2)11(15)14(3)10-5-4-8(12)6-9(10)13/h4-6H,1H2,2-3H3. The van der Waals surface area contributed by atoms with Crippen molar-refractivity contribution < 1.29 is 4.79 Å². The molecule has 0 fully saturated rings. The van der Waals surface area contributed by atoms with Gasteiger partial charge >= 0.3 is 0 Å². The Bertz CT molecular complexity index is 417. The van der Waals surface area contributed by atoms with Crippen LogP contribution in [0.25, 0.3) is 0 Å². The third-order valence-electron chi connectivity index (χ3n) is 1.94. The van der Waals surface area contributed by atoms with Crippen molar-refractivity contribution in [3.8, 4) is 0 Å². The van der Waals surface area contributed by atoms with Crippen LogP contribution in [0.15, 0.2) is 30.4 Å². The number of amides is 1. The van der Waals surface area contributed by atoms with Crippen molar-refractivity contribution in [2.24, 2.45) is 0 Å². The average molecular weight is 336 g/mol. The van der Waals surface area contributed by atoms with Crippen molar-refractivity contribution in [2.75, 3.05) is 11.9 Å². The van der Waals surface area contributed by atoms with Gasteiger partial charge in [-0.15, -0.1) is 0 Å². The van der Waals surface area contributed by atoms with Crippen molar-refractivity contribution in [3.63, 3.8) is 0 Å². The molecule has 0 N–H and O–H groups in total. The third-order valence-corrected chi connectivity index (χ3v) is 3.04. The topological polar surface area (TPSA) is 20.3 Å². The van der Waals surface area contributed by atoms with Crippen LogP contribution in [-0.4, -0.2) is 13.0 Å². The maximum Gasteiger partial charge on any atom is 0.253 e. The lowest BCUT2D eigenvalue weighted by molar-refractivity contribution is -0.114. The largest absolute Gasteiger partial charge is 0.311 e. The maximum absolute atomic E-state index is 11.7. The monoisotopic (exact) mass is 335 g/mol. The highest BCUT2D eigenvalue weighted by atomic mass is 127. The third kappa shape index (κ3) is 2.95. The minimum absolute atomic E-state index is 0.0877. The summed E-state index contributed by atoms with van der Waals surface area (Å²) in [6, 6.07) is 5.41. The molecule has 0 bridgehead atoms. The number of halogens is 2. The molecule has 0 saturated carbocycles. The molecule has 0 unspecified atom stereocenters. The summed E-state index contributed by atoms with van der Waals surface area (Å²) in [7, 11) is 1.72. The molecule has 1 aromatic rings. The van der Waals surface area contributed by atoms with E-state index in [0.29, 0.717) is 10.6 Å². The first kappa shape index (κ1) is 12.5. The van der Waals surface area contributed by atoms with Gasteiger partial charge < -0.3 is 4.90 Å². The fourth-order valence-electron chi connectivity index (χ4n) is 1.15. The summed E-state index contributed by atoms with van der Waals surface area (Å²) in [6.07, 6.45) is 0. The number of nitrogens with zero attached hydrogens (tertiary/aromatic N) is 1. The van der Waals surface area contributed by atoms with Crippen LogP contribution < -0.4 is 4.90 Å². The zero-order valence-corrected chi connectivity index (χ0v) is 11.5. The first-order chi connectivity index (χ1) is 6.93. The normalized spacial score (nSPS) is 9.87. The van der Waals surface area contributed by atoms with Crippen LogP contribution in [0.5, 0.6) is 0 Å². The Kier molecular flexibility index (Phi) is 4.16. The minimum atomic E-state index is -0.0877. The first-order valence-electron chi connectivity index (χ1n) is 4.32. The van der Waals surface area contributed by atoms with E-state index in [2.05, 4.69) is 29.2 Å². The van der Waals surface area contributed by atoms with Gasteiger partial charge in [-0.2, -0.15) is 0 Å². The van der Waals surface area contributed by atoms with Crippen molar-refractivity contribution in [1.29, 1.82) is 0 Å². The molecule has 0 aromatic heterocycles. The van der Waals surface area contributed by atoms with E-state index in [1.165, 1.54) is 0 Å². The molecular weight excluding hydrogens is 324 g/mol. The Morgan fingerprint density at radius 3 is 2.60 bits per heavy atom. The summed E-state index contributed by atoms with van der Waals surface area (Å²) >= 11 is 7.99. The van der Waals surface area contributed by atoms with Crippen LogP contribution in [-0.2, 0) is 4.79 Å². The maximum atomic E-state index is 11.7. The zero-order valence-electron chi connectivity index (χ0n) is 8.55. The van der Waals surface area contributed by atoms with E-state index in [-0.39, 0.29) is 5.91 Å². The number of benzene rings is 1. The Morgan fingerprint density at radius 1 is 1.53 bits per heavy atom. The lowest BCUT2D eigenvalue weighted by Gasteiger charge is -2.18. The van der Waals surface area contributed by atoms with Crippen molar-refractivity contribution in [3.05, 3.63) is 38.9 Å². The van der Waals surface area contributed by atoms with Gasteiger partial charge in [0.25, 0.3) is 5.91 Å². The second kappa shape index (κ2) is 4.99. The average Bonchev–Trinajstić information content (AvgIpc) is 2.15. The van der Waals surface area contributed by atoms with Crippen molar-refractivity contribution >= 4 is 45.8 Å². The molecule has 0 heterocycles. The van der Waals surface area contributed by atoms with E-state index < -0.39 is 0 Å². The summed E-state index contributed by atoms with van der Waals surface area (Å²) in [4.78, 5) is 13.2. The van der Waals surface area contributed by atoms with Gasteiger partial charge in [0.2, 0.25) is 0 Å². The molecule has 4 heteroatoms. The summed E-state index contributed by atoms with van der Waals surface area (Å²) in [5, 5.41) is 0.666. The molecule has 15 heavy (non-hydrogen) atoms. The molecular formula is C11H11ClINO. The van der Waals surface area contributed by atoms with Crippen LogP contribution in [0.2, 0.25) is 5.02 Å². The quantitative estimate of drug-likeness (QED) is 0.598. The number of rotatable bonds is 2. The lowest BCUT2D eigenvalue weighted by Crippen LogP contribution is -2.27. The second-order valence-corrected chi connectivity index (χ2v) is 4.84. The van der Waals surface area contributed by atoms with E-state index >= 15 is 0 Å². The summed E-state index contributed by atoms with van der Waals surface area (Å²) in [6.45, 7) is 5.33. The van der Waals surface area contributed by atoms with Crippen LogP contribution >= 0.6 is 34.2 Å². The Morgan fingerprint density at radius 2 is 2.13 bits per heavy atom. The zero-order chi connectivity index (χ0) is 11.6. The molecule has 1 amide bonds. The molecule has 1 rings (SSSR count). The lowest BCUT2D eigenvalue weighted by atomic mass is 10.2. The van der Waals surface area contributed by atoms with Crippen LogP contribution in [0.1, 0.15) is 6.92 Å². The molecule has 80 valence electrons. The number of carbonyl (C=O) groups is 1. The molecule has 1 aromatic carbocycles. The molecule has 0 aliphatic rings. The highest BCUT2D eigenvalue weighted by molar-refractivity contribution is 14.1. The van der Waals surface area contributed by atoms with Gasteiger partial charge in [0.1, 0.15) is 0 Å². The first-order valence-corrected chi connectivity index (χ1v) is 5.77. The smallest absolute Gasteiger partial charge is 0.253 e. The Labute approximate surface area is 108 Å². The van der Waals surface area contributed by atoms with Gasteiger partial charge in [-0.1, -0.05) is 18.2 Å². The highest BCUT2D eigenvalue weighted by Gasteiger charge is 2.13. The molecule has 0 saturated heterocycles. The van der Waals surface area contributed by atoms with Gasteiger partial charge in [-0.05, 0) is 47.7 Å². The number of likely N-dealkylation sites (N-methyl/N-ethyl adjacent to an activating group) is 1. The predicted octanol–water partition coefficient (Wildman–Crippen LogP) is 3.48. The molecule has 2 nitrogen and oxygen atoms in total. The van der Waals surface area contributed by atoms with Crippen LogP contribution in [0, 0.1) is 3.57 Å². The Hall–Kier alpha value is -0.550. The molecule has 0 spiro atoms. The highest BCUT2D eigenvalue weighted by Crippen LogP contribution is 2.25. The van der Waals surface area contributed by atoms with Gasteiger partial charge in [0.05, 0.1) is 5.69 Å². The summed E-state index contributed by atoms with van der Waals surface area (Å²) in [5.74, 6) is -0.0877. The van der Waals surface area contributed by atoms with Crippen LogP contribution in [0.3, 0.4) is 0 Å². The van der Waals surface area contributed by atoms with E-state index in [9.17, 15) is 4.79 Å². The van der Waals surface area contributed by atoms with E-state index in [4.69, 9.17) is 11.6 Å². The molecule has 0 radical (unpaired) electrons. The molecule has 0 aliphatic carbocycles.